The highest BCUT2D eigenvalue weighted by Crippen LogP contribution is 2.16. The second-order valence-electron chi connectivity index (χ2n) is 5.10. The van der Waals surface area contributed by atoms with E-state index in [9.17, 15) is 0 Å². The molecule has 0 heterocycles. The molecule has 1 aromatic rings. The maximum Gasteiger partial charge on any atom is 0.0654 e. The molecule has 0 atom stereocenters. The highest BCUT2D eigenvalue weighted by atomic mass is 16.5. The summed E-state index contributed by atoms with van der Waals surface area (Å²) in [6, 6.07) is 10.3. The normalized spacial score (nSPS) is 12.2. The Morgan fingerprint density at radius 2 is 1.59 bits per heavy atom. The van der Waals surface area contributed by atoms with Gasteiger partial charge in [0.2, 0.25) is 0 Å². The lowest BCUT2D eigenvalue weighted by atomic mass is 9.96. The number of hydrogen-bond acceptors (Lipinski definition) is 1. The fraction of sp³-hybridized carbons (Fsp3) is 0.500. The molecular weight excluding hydrogens is 208 g/mol. The van der Waals surface area contributed by atoms with Gasteiger partial charge in [0.25, 0.3) is 0 Å². The highest BCUT2D eigenvalue weighted by molar-refractivity contribution is 5.48. The Balaban J connectivity index is 2.39. The number of benzene rings is 1. The molecule has 0 saturated carbocycles. The topological polar surface area (TPSA) is 9.23 Å². The van der Waals surface area contributed by atoms with Crippen LogP contribution in [0.3, 0.4) is 0 Å². The van der Waals surface area contributed by atoms with Crippen LogP contribution < -0.4 is 0 Å². The molecule has 0 N–H and O–H groups in total. The first kappa shape index (κ1) is 14.0. The first-order valence-electron chi connectivity index (χ1n) is 6.44. The SMILES string of the molecule is CC(C)C(OC/C=C/c1ccccc1)C(C)C. The van der Waals surface area contributed by atoms with E-state index in [-0.39, 0.29) is 0 Å². The monoisotopic (exact) mass is 232 g/mol. The summed E-state index contributed by atoms with van der Waals surface area (Å²) >= 11 is 0. The fourth-order valence-electron chi connectivity index (χ4n) is 2.07. The Labute approximate surface area is 106 Å². The van der Waals surface area contributed by atoms with Crippen LogP contribution in [0.15, 0.2) is 36.4 Å². The third kappa shape index (κ3) is 5.18. The molecule has 0 saturated heterocycles. The maximum absolute atomic E-state index is 5.90. The molecule has 1 nitrogen and oxygen atoms in total. The summed E-state index contributed by atoms with van der Waals surface area (Å²) in [6.07, 6.45) is 4.54. The Hall–Kier alpha value is -1.08. The van der Waals surface area contributed by atoms with Crippen molar-refractivity contribution >= 4 is 6.08 Å². The minimum Gasteiger partial charge on any atom is -0.374 e. The van der Waals surface area contributed by atoms with Crippen LogP contribution in [0, 0.1) is 11.8 Å². The minimum atomic E-state index is 0.343. The summed E-state index contributed by atoms with van der Waals surface area (Å²) in [5.74, 6) is 1.14. The van der Waals surface area contributed by atoms with Crippen molar-refractivity contribution in [2.75, 3.05) is 6.61 Å². The molecule has 0 aromatic heterocycles. The summed E-state index contributed by atoms with van der Waals surface area (Å²) in [6.45, 7) is 9.55. The van der Waals surface area contributed by atoms with Crippen molar-refractivity contribution in [2.24, 2.45) is 11.8 Å². The van der Waals surface area contributed by atoms with Crippen LogP contribution in [0.5, 0.6) is 0 Å². The van der Waals surface area contributed by atoms with E-state index >= 15 is 0 Å². The van der Waals surface area contributed by atoms with Crippen LogP contribution in [0.25, 0.3) is 6.08 Å². The second kappa shape index (κ2) is 7.29. The molecule has 0 aliphatic heterocycles. The molecule has 0 unspecified atom stereocenters. The number of rotatable bonds is 6. The Morgan fingerprint density at radius 1 is 1.00 bits per heavy atom. The first-order chi connectivity index (χ1) is 8.11. The molecule has 0 aliphatic carbocycles. The van der Waals surface area contributed by atoms with Crippen molar-refractivity contribution in [3.05, 3.63) is 42.0 Å². The second-order valence-corrected chi connectivity index (χ2v) is 5.10. The molecule has 0 bridgehead atoms. The molecule has 94 valence electrons. The predicted molar refractivity (Wildman–Crippen MR) is 74.9 cm³/mol. The third-order valence-electron chi connectivity index (χ3n) is 2.81. The zero-order chi connectivity index (χ0) is 12.7. The average Bonchev–Trinajstić information content (AvgIpc) is 2.29. The van der Waals surface area contributed by atoms with Crippen molar-refractivity contribution in [2.45, 2.75) is 33.8 Å². The zero-order valence-electron chi connectivity index (χ0n) is 11.4. The largest absolute Gasteiger partial charge is 0.374 e. The van der Waals surface area contributed by atoms with Crippen molar-refractivity contribution < 1.29 is 4.74 Å². The zero-order valence-corrected chi connectivity index (χ0v) is 11.4. The summed E-state index contributed by atoms with van der Waals surface area (Å²) in [7, 11) is 0. The standard InChI is InChI=1S/C16H24O/c1-13(2)16(14(3)4)17-12-8-11-15-9-6-5-7-10-15/h5-11,13-14,16H,12H2,1-4H3/b11-8+. The molecular formula is C16H24O. The highest BCUT2D eigenvalue weighted by Gasteiger charge is 2.16. The van der Waals surface area contributed by atoms with Gasteiger partial charge in [-0.05, 0) is 17.4 Å². The molecule has 0 spiro atoms. The van der Waals surface area contributed by atoms with Crippen molar-refractivity contribution in [1.82, 2.24) is 0 Å². The Kier molecular flexibility index (Phi) is 5.99. The van der Waals surface area contributed by atoms with Gasteiger partial charge in [-0.2, -0.15) is 0 Å². The molecule has 1 heteroatoms. The van der Waals surface area contributed by atoms with Gasteiger partial charge in [-0.3, -0.25) is 0 Å². The predicted octanol–water partition coefficient (Wildman–Crippen LogP) is 4.40. The smallest absolute Gasteiger partial charge is 0.0654 e. The molecule has 1 rings (SSSR count). The lowest BCUT2D eigenvalue weighted by Crippen LogP contribution is -2.25. The number of ether oxygens (including phenoxy) is 1. The van der Waals surface area contributed by atoms with E-state index in [0.29, 0.717) is 24.5 Å². The molecule has 0 fully saturated rings. The van der Waals surface area contributed by atoms with Crippen molar-refractivity contribution in [1.29, 1.82) is 0 Å². The summed E-state index contributed by atoms with van der Waals surface area (Å²) in [4.78, 5) is 0. The first-order valence-corrected chi connectivity index (χ1v) is 6.44. The van der Waals surface area contributed by atoms with Crippen LogP contribution >= 0.6 is 0 Å². The number of hydrogen-bond donors (Lipinski definition) is 0. The summed E-state index contributed by atoms with van der Waals surface area (Å²) in [5, 5.41) is 0. The van der Waals surface area contributed by atoms with Gasteiger partial charge in [0.1, 0.15) is 0 Å². The van der Waals surface area contributed by atoms with E-state index in [2.05, 4.69) is 52.0 Å². The lowest BCUT2D eigenvalue weighted by Gasteiger charge is -2.24. The van der Waals surface area contributed by atoms with Crippen LogP contribution in [-0.4, -0.2) is 12.7 Å². The average molecular weight is 232 g/mol. The van der Waals surface area contributed by atoms with Gasteiger partial charge in [-0.15, -0.1) is 0 Å². The third-order valence-corrected chi connectivity index (χ3v) is 2.81. The van der Waals surface area contributed by atoms with Crippen molar-refractivity contribution in [3.63, 3.8) is 0 Å². The van der Waals surface area contributed by atoms with E-state index in [1.807, 2.05) is 18.2 Å². The van der Waals surface area contributed by atoms with Gasteiger partial charge in [0.15, 0.2) is 0 Å². The summed E-state index contributed by atoms with van der Waals surface area (Å²) < 4.78 is 5.90. The van der Waals surface area contributed by atoms with Crippen LogP contribution in [0.1, 0.15) is 33.3 Å². The summed E-state index contributed by atoms with van der Waals surface area (Å²) in [5.41, 5.74) is 1.22. The van der Waals surface area contributed by atoms with Crippen LogP contribution in [-0.2, 0) is 4.74 Å². The maximum atomic E-state index is 5.90. The lowest BCUT2D eigenvalue weighted by molar-refractivity contribution is 0.00793. The van der Waals surface area contributed by atoms with Gasteiger partial charge in [0.05, 0.1) is 12.7 Å². The van der Waals surface area contributed by atoms with Crippen molar-refractivity contribution in [3.8, 4) is 0 Å². The molecule has 0 radical (unpaired) electrons. The van der Waals surface area contributed by atoms with E-state index in [1.165, 1.54) is 5.56 Å². The molecule has 0 aliphatic rings. The molecule has 0 amide bonds. The van der Waals surface area contributed by atoms with Gasteiger partial charge < -0.3 is 4.74 Å². The van der Waals surface area contributed by atoms with E-state index < -0.39 is 0 Å². The van der Waals surface area contributed by atoms with Crippen LogP contribution in [0.2, 0.25) is 0 Å². The van der Waals surface area contributed by atoms with Gasteiger partial charge in [-0.1, -0.05) is 70.2 Å². The van der Waals surface area contributed by atoms with E-state index in [4.69, 9.17) is 4.74 Å². The fourth-order valence-corrected chi connectivity index (χ4v) is 2.07. The minimum absolute atomic E-state index is 0.343. The Morgan fingerprint density at radius 3 is 2.12 bits per heavy atom. The van der Waals surface area contributed by atoms with E-state index in [1.54, 1.807) is 0 Å². The van der Waals surface area contributed by atoms with Gasteiger partial charge in [0, 0.05) is 0 Å². The van der Waals surface area contributed by atoms with E-state index in [0.717, 1.165) is 0 Å². The van der Waals surface area contributed by atoms with Gasteiger partial charge in [-0.25, -0.2) is 0 Å². The molecule has 17 heavy (non-hydrogen) atoms. The Bertz CT molecular complexity index is 317. The molecule has 1 aromatic carbocycles. The quantitative estimate of drug-likeness (QED) is 0.706. The van der Waals surface area contributed by atoms with Crippen LogP contribution in [0.4, 0.5) is 0 Å². The van der Waals surface area contributed by atoms with Gasteiger partial charge >= 0.3 is 0 Å².